The molecule has 0 bridgehead atoms. The molecule has 1 aromatic carbocycles. The van der Waals surface area contributed by atoms with Gasteiger partial charge in [0.05, 0.1) is 17.4 Å². The highest BCUT2D eigenvalue weighted by molar-refractivity contribution is 5.54. The second-order valence-corrected chi connectivity index (χ2v) is 4.82. The van der Waals surface area contributed by atoms with E-state index in [1.54, 1.807) is 0 Å². The van der Waals surface area contributed by atoms with E-state index in [2.05, 4.69) is 11.2 Å². The molecule has 1 aliphatic rings. The van der Waals surface area contributed by atoms with Crippen LogP contribution in [0.2, 0.25) is 0 Å². The van der Waals surface area contributed by atoms with Gasteiger partial charge in [-0.25, -0.2) is 4.68 Å². The third-order valence-electron chi connectivity index (χ3n) is 3.64. The zero-order valence-corrected chi connectivity index (χ0v) is 10.5. The third-order valence-corrected chi connectivity index (χ3v) is 3.64. The highest BCUT2D eigenvalue weighted by Gasteiger charge is 2.18. The molecule has 0 saturated carbocycles. The molecule has 0 saturated heterocycles. The molecular weight excluding hydrogens is 222 g/mol. The lowest BCUT2D eigenvalue weighted by Crippen LogP contribution is -2.10. The molecule has 90 valence electrons. The molecule has 0 amide bonds. The van der Waals surface area contributed by atoms with Crippen LogP contribution < -0.4 is 0 Å². The van der Waals surface area contributed by atoms with E-state index in [9.17, 15) is 5.26 Å². The number of nitrogens with zero attached hydrogens (tertiary/aromatic N) is 3. The van der Waals surface area contributed by atoms with Crippen molar-refractivity contribution in [1.82, 2.24) is 9.78 Å². The van der Waals surface area contributed by atoms with Crippen LogP contribution in [0.4, 0.5) is 0 Å². The van der Waals surface area contributed by atoms with E-state index in [1.165, 1.54) is 24.1 Å². The number of para-hydroxylation sites is 1. The van der Waals surface area contributed by atoms with Crippen LogP contribution in [-0.4, -0.2) is 9.78 Å². The average Bonchev–Trinajstić information content (AvgIpc) is 2.82. The summed E-state index contributed by atoms with van der Waals surface area (Å²) in [6.45, 7) is 2.03. The molecule has 3 nitrogen and oxygen atoms in total. The predicted octanol–water partition coefficient (Wildman–Crippen LogP) is 2.93. The Balaban J connectivity index is 2.22. The molecule has 1 aromatic heterocycles. The zero-order valence-electron chi connectivity index (χ0n) is 10.5. The molecule has 0 unspecified atom stereocenters. The van der Waals surface area contributed by atoms with Crippen LogP contribution in [-0.2, 0) is 12.8 Å². The number of fused-ring (bicyclic) bond motifs is 1. The predicted molar refractivity (Wildman–Crippen MR) is 69.7 cm³/mol. The van der Waals surface area contributed by atoms with Gasteiger partial charge < -0.3 is 0 Å². The van der Waals surface area contributed by atoms with Crippen molar-refractivity contribution in [2.45, 2.75) is 32.6 Å². The topological polar surface area (TPSA) is 41.6 Å². The van der Waals surface area contributed by atoms with Crippen LogP contribution in [0.5, 0.6) is 0 Å². The molecule has 1 heterocycles. The van der Waals surface area contributed by atoms with Crippen LogP contribution in [0, 0.1) is 18.3 Å². The summed E-state index contributed by atoms with van der Waals surface area (Å²) in [5, 5.41) is 13.8. The van der Waals surface area contributed by atoms with Gasteiger partial charge in [0, 0.05) is 5.69 Å². The fraction of sp³-hybridized carbons (Fsp3) is 0.333. The Kier molecular flexibility index (Phi) is 2.64. The van der Waals surface area contributed by atoms with Crippen molar-refractivity contribution in [3.05, 3.63) is 46.8 Å². The second-order valence-electron chi connectivity index (χ2n) is 4.82. The van der Waals surface area contributed by atoms with Gasteiger partial charge in [0.25, 0.3) is 0 Å². The smallest absolute Gasteiger partial charge is 0.101 e. The molecule has 0 N–H and O–H groups in total. The summed E-state index contributed by atoms with van der Waals surface area (Å²) in [7, 11) is 0. The van der Waals surface area contributed by atoms with E-state index < -0.39 is 0 Å². The summed E-state index contributed by atoms with van der Waals surface area (Å²) in [6, 6.07) is 8.09. The summed E-state index contributed by atoms with van der Waals surface area (Å²) in [5.74, 6) is 0. The first-order valence-corrected chi connectivity index (χ1v) is 6.37. The lowest BCUT2D eigenvalue weighted by atomic mass is 9.98. The van der Waals surface area contributed by atoms with Gasteiger partial charge >= 0.3 is 0 Å². The molecule has 3 heteroatoms. The van der Waals surface area contributed by atoms with Crippen LogP contribution in [0.25, 0.3) is 5.69 Å². The largest absolute Gasteiger partial charge is 0.236 e. The molecular formula is C15H15N3. The molecule has 1 aliphatic carbocycles. The Labute approximate surface area is 107 Å². The standard InChI is InChI=1S/C15H15N3/c1-11-5-4-7-12(9-16)15(11)18-14-8-3-2-6-13(14)10-17-18/h4-5,7,10H,2-3,6,8H2,1H3. The number of aryl methyl sites for hydroxylation is 2. The number of rotatable bonds is 1. The van der Waals surface area contributed by atoms with E-state index in [4.69, 9.17) is 0 Å². The first-order chi connectivity index (χ1) is 8.81. The van der Waals surface area contributed by atoms with Crippen molar-refractivity contribution in [3.8, 4) is 11.8 Å². The first kappa shape index (κ1) is 11.0. The summed E-state index contributed by atoms with van der Waals surface area (Å²) in [4.78, 5) is 0. The van der Waals surface area contributed by atoms with Crippen molar-refractivity contribution in [2.24, 2.45) is 0 Å². The number of aromatic nitrogens is 2. The van der Waals surface area contributed by atoms with E-state index in [1.807, 2.05) is 36.0 Å². The molecule has 2 aromatic rings. The van der Waals surface area contributed by atoms with E-state index >= 15 is 0 Å². The molecule has 0 atom stereocenters. The van der Waals surface area contributed by atoms with Crippen LogP contribution in [0.1, 0.15) is 35.2 Å². The Bertz CT molecular complexity index is 632. The average molecular weight is 237 g/mol. The summed E-state index contributed by atoms with van der Waals surface area (Å²) >= 11 is 0. The minimum Gasteiger partial charge on any atom is -0.236 e. The highest BCUT2D eigenvalue weighted by atomic mass is 15.3. The molecule has 18 heavy (non-hydrogen) atoms. The summed E-state index contributed by atoms with van der Waals surface area (Å²) in [5.41, 5.74) is 5.38. The highest BCUT2D eigenvalue weighted by Crippen LogP contribution is 2.26. The van der Waals surface area contributed by atoms with Gasteiger partial charge in [-0.15, -0.1) is 0 Å². The maximum Gasteiger partial charge on any atom is 0.101 e. The van der Waals surface area contributed by atoms with Gasteiger partial charge in [0.2, 0.25) is 0 Å². The van der Waals surface area contributed by atoms with E-state index in [-0.39, 0.29) is 0 Å². The Morgan fingerprint density at radius 2 is 2.11 bits per heavy atom. The Hall–Kier alpha value is -2.08. The van der Waals surface area contributed by atoms with Crippen molar-refractivity contribution < 1.29 is 0 Å². The number of hydrogen-bond acceptors (Lipinski definition) is 2. The van der Waals surface area contributed by atoms with E-state index in [0.29, 0.717) is 5.56 Å². The van der Waals surface area contributed by atoms with Gasteiger partial charge in [0.15, 0.2) is 0 Å². The Morgan fingerprint density at radius 1 is 1.28 bits per heavy atom. The van der Waals surface area contributed by atoms with Crippen molar-refractivity contribution >= 4 is 0 Å². The van der Waals surface area contributed by atoms with Gasteiger partial charge in [-0.1, -0.05) is 12.1 Å². The number of nitriles is 1. The maximum atomic E-state index is 9.25. The van der Waals surface area contributed by atoms with Gasteiger partial charge in [-0.2, -0.15) is 10.4 Å². The summed E-state index contributed by atoms with van der Waals surface area (Å²) < 4.78 is 1.97. The summed E-state index contributed by atoms with van der Waals surface area (Å²) in [6.07, 6.45) is 6.60. The molecule has 0 spiro atoms. The van der Waals surface area contributed by atoms with Crippen molar-refractivity contribution in [2.75, 3.05) is 0 Å². The normalized spacial score (nSPS) is 14.0. The lowest BCUT2D eigenvalue weighted by molar-refractivity contribution is 0.652. The SMILES string of the molecule is Cc1cccc(C#N)c1-n1ncc2c1CCCC2. The number of hydrogen-bond donors (Lipinski definition) is 0. The minimum absolute atomic E-state index is 0.700. The van der Waals surface area contributed by atoms with E-state index in [0.717, 1.165) is 24.1 Å². The number of benzene rings is 1. The lowest BCUT2D eigenvalue weighted by Gasteiger charge is -2.16. The van der Waals surface area contributed by atoms with Gasteiger partial charge in [-0.3, -0.25) is 0 Å². The first-order valence-electron chi connectivity index (χ1n) is 6.37. The van der Waals surface area contributed by atoms with Crippen molar-refractivity contribution in [3.63, 3.8) is 0 Å². The monoisotopic (exact) mass is 237 g/mol. The zero-order chi connectivity index (χ0) is 12.5. The molecule has 3 rings (SSSR count). The fourth-order valence-corrected chi connectivity index (χ4v) is 2.71. The van der Waals surface area contributed by atoms with Gasteiger partial charge in [-0.05, 0) is 49.8 Å². The van der Waals surface area contributed by atoms with Crippen LogP contribution >= 0.6 is 0 Å². The molecule has 0 radical (unpaired) electrons. The van der Waals surface area contributed by atoms with Crippen LogP contribution in [0.3, 0.4) is 0 Å². The quantitative estimate of drug-likeness (QED) is 0.765. The van der Waals surface area contributed by atoms with Crippen LogP contribution in [0.15, 0.2) is 24.4 Å². The second kappa shape index (κ2) is 4.30. The van der Waals surface area contributed by atoms with Crippen molar-refractivity contribution in [1.29, 1.82) is 5.26 Å². The third kappa shape index (κ3) is 1.62. The van der Waals surface area contributed by atoms with Gasteiger partial charge in [0.1, 0.15) is 6.07 Å². The molecule has 0 aliphatic heterocycles. The minimum atomic E-state index is 0.700. The molecule has 0 fully saturated rings. The fourth-order valence-electron chi connectivity index (χ4n) is 2.71. The Morgan fingerprint density at radius 3 is 2.94 bits per heavy atom. The maximum absolute atomic E-state index is 9.25.